The summed E-state index contributed by atoms with van der Waals surface area (Å²) in [4.78, 5) is 10.1. The monoisotopic (exact) mass is 415 g/mol. The molecular formula is C14H14BrN3O5S. The highest BCUT2D eigenvalue weighted by atomic mass is 79.9. The van der Waals surface area contributed by atoms with Crippen molar-refractivity contribution in [3.63, 3.8) is 0 Å². The van der Waals surface area contributed by atoms with Crippen molar-refractivity contribution in [1.82, 2.24) is 0 Å². The molecule has 24 heavy (non-hydrogen) atoms. The van der Waals surface area contributed by atoms with Crippen LogP contribution in [0.2, 0.25) is 0 Å². The molecule has 0 saturated heterocycles. The number of benzene rings is 2. The Labute approximate surface area is 147 Å². The van der Waals surface area contributed by atoms with E-state index in [1.54, 1.807) is 12.1 Å². The Morgan fingerprint density at radius 3 is 2.62 bits per heavy atom. The molecule has 0 aliphatic heterocycles. The van der Waals surface area contributed by atoms with Crippen LogP contribution in [0, 0.1) is 10.1 Å². The second-order valence-corrected chi connectivity index (χ2v) is 7.19. The lowest BCUT2D eigenvalue weighted by molar-refractivity contribution is -0.384. The Balaban J connectivity index is 2.03. The van der Waals surface area contributed by atoms with Gasteiger partial charge in [0.05, 0.1) is 9.82 Å². The van der Waals surface area contributed by atoms with E-state index in [4.69, 9.17) is 9.88 Å². The number of rotatable bonds is 7. The average molecular weight is 416 g/mol. The summed E-state index contributed by atoms with van der Waals surface area (Å²) in [5, 5.41) is 18.9. The normalized spacial score (nSPS) is 11.1. The number of anilines is 1. The van der Waals surface area contributed by atoms with Gasteiger partial charge in [0.15, 0.2) is 0 Å². The van der Waals surface area contributed by atoms with Crippen molar-refractivity contribution < 1.29 is 18.1 Å². The fraction of sp³-hybridized carbons (Fsp3) is 0.143. The van der Waals surface area contributed by atoms with E-state index in [1.165, 1.54) is 12.1 Å². The molecule has 0 spiro atoms. The van der Waals surface area contributed by atoms with Crippen LogP contribution in [-0.2, 0) is 10.0 Å². The highest BCUT2D eigenvalue weighted by Gasteiger charge is 2.18. The molecule has 0 aromatic heterocycles. The number of nitrogens with one attached hydrogen (secondary N) is 1. The lowest BCUT2D eigenvalue weighted by Crippen LogP contribution is -2.15. The van der Waals surface area contributed by atoms with Crippen LogP contribution in [0.4, 0.5) is 11.4 Å². The zero-order chi connectivity index (χ0) is 17.7. The zero-order valence-electron chi connectivity index (χ0n) is 12.3. The zero-order valence-corrected chi connectivity index (χ0v) is 14.7. The molecule has 0 aliphatic carbocycles. The molecule has 10 heteroatoms. The highest BCUT2D eigenvalue weighted by Crippen LogP contribution is 2.27. The predicted molar refractivity (Wildman–Crippen MR) is 92.6 cm³/mol. The summed E-state index contributed by atoms with van der Waals surface area (Å²) >= 11 is 3.33. The van der Waals surface area contributed by atoms with E-state index in [0.717, 1.165) is 10.5 Å². The molecule has 0 saturated carbocycles. The molecule has 0 amide bonds. The van der Waals surface area contributed by atoms with Crippen LogP contribution >= 0.6 is 15.9 Å². The van der Waals surface area contributed by atoms with Crippen molar-refractivity contribution in [2.75, 3.05) is 18.5 Å². The molecule has 2 aromatic rings. The quantitative estimate of drug-likeness (QED) is 0.406. The number of hydrogen-bond acceptors (Lipinski definition) is 6. The first kappa shape index (κ1) is 18.2. The van der Waals surface area contributed by atoms with Gasteiger partial charge in [-0.3, -0.25) is 10.1 Å². The third-order valence-electron chi connectivity index (χ3n) is 2.98. The van der Waals surface area contributed by atoms with Gasteiger partial charge < -0.3 is 10.1 Å². The third-order valence-corrected chi connectivity index (χ3v) is 4.38. The molecule has 2 aromatic carbocycles. The molecule has 0 radical (unpaired) electrons. The standard InChI is InChI=1S/C14H14BrN3O5S/c15-10-2-1-3-11(8-10)23-7-6-17-13-5-4-12(24(16,21)22)9-14(13)18(19)20/h1-5,8-9,17H,6-7H2,(H2,16,21,22). The summed E-state index contributed by atoms with van der Waals surface area (Å²) in [6.45, 7) is 0.562. The number of ether oxygens (including phenoxy) is 1. The first-order chi connectivity index (χ1) is 11.3. The van der Waals surface area contributed by atoms with Crippen molar-refractivity contribution in [3.8, 4) is 5.75 Å². The van der Waals surface area contributed by atoms with Gasteiger partial charge in [-0.1, -0.05) is 22.0 Å². The van der Waals surface area contributed by atoms with Gasteiger partial charge in [0.25, 0.3) is 5.69 Å². The molecule has 0 heterocycles. The molecule has 2 rings (SSSR count). The molecule has 0 atom stereocenters. The van der Waals surface area contributed by atoms with Gasteiger partial charge >= 0.3 is 0 Å². The van der Waals surface area contributed by atoms with Crippen LogP contribution in [0.25, 0.3) is 0 Å². The third kappa shape index (κ3) is 4.91. The fourth-order valence-corrected chi connectivity index (χ4v) is 2.81. The van der Waals surface area contributed by atoms with Crippen molar-refractivity contribution in [3.05, 3.63) is 57.1 Å². The van der Waals surface area contributed by atoms with Crippen LogP contribution in [0.5, 0.6) is 5.75 Å². The minimum absolute atomic E-state index is 0.185. The van der Waals surface area contributed by atoms with Gasteiger partial charge in [0.2, 0.25) is 10.0 Å². The van der Waals surface area contributed by atoms with Gasteiger partial charge in [-0.05, 0) is 30.3 Å². The Bertz CT molecular complexity index is 857. The Morgan fingerprint density at radius 2 is 2.00 bits per heavy atom. The van der Waals surface area contributed by atoms with Gasteiger partial charge in [-0.15, -0.1) is 0 Å². The maximum Gasteiger partial charge on any atom is 0.293 e. The second kappa shape index (κ2) is 7.60. The van der Waals surface area contributed by atoms with E-state index in [-0.39, 0.29) is 22.9 Å². The molecule has 128 valence electrons. The number of halogens is 1. The fourth-order valence-electron chi connectivity index (χ4n) is 1.90. The number of hydrogen-bond donors (Lipinski definition) is 2. The number of sulfonamides is 1. The minimum atomic E-state index is -4.00. The maximum atomic E-state index is 11.3. The summed E-state index contributed by atoms with van der Waals surface area (Å²) in [5.41, 5.74) is -0.186. The Morgan fingerprint density at radius 1 is 1.25 bits per heavy atom. The van der Waals surface area contributed by atoms with Crippen LogP contribution < -0.4 is 15.2 Å². The van der Waals surface area contributed by atoms with Gasteiger partial charge in [-0.2, -0.15) is 0 Å². The van der Waals surface area contributed by atoms with E-state index >= 15 is 0 Å². The van der Waals surface area contributed by atoms with Crippen LogP contribution in [0.3, 0.4) is 0 Å². The van der Waals surface area contributed by atoms with Crippen LogP contribution in [-0.4, -0.2) is 26.5 Å². The topological polar surface area (TPSA) is 125 Å². The van der Waals surface area contributed by atoms with Crippen molar-refractivity contribution in [2.45, 2.75) is 4.90 Å². The number of nitrogens with two attached hydrogens (primary N) is 1. The van der Waals surface area contributed by atoms with Gasteiger partial charge in [-0.25, -0.2) is 13.6 Å². The Hall–Kier alpha value is -2.17. The van der Waals surface area contributed by atoms with E-state index in [9.17, 15) is 18.5 Å². The Kier molecular flexibility index (Phi) is 5.75. The number of nitro benzene ring substituents is 1. The minimum Gasteiger partial charge on any atom is -0.492 e. The molecule has 0 bridgehead atoms. The molecule has 8 nitrogen and oxygen atoms in total. The predicted octanol–water partition coefficient (Wildman–Crippen LogP) is 2.50. The van der Waals surface area contributed by atoms with Gasteiger partial charge in [0.1, 0.15) is 18.0 Å². The van der Waals surface area contributed by atoms with Crippen molar-refractivity contribution in [2.24, 2.45) is 5.14 Å². The number of primary sulfonamides is 1. The average Bonchev–Trinajstić information content (AvgIpc) is 2.50. The summed E-state index contributed by atoms with van der Waals surface area (Å²) in [6.07, 6.45) is 0. The molecule has 0 aliphatic rings. The van der Waals surface area contributed by atoms with Crippen molar-refractivity contribution in [1.29, 1.82) is 0 Å². The first-order valence-corrected chi connectivity index (χ1v) is 9.05. The summed E-state index contributed by atoms with van der Waals surface area (Å²) < 4.78 is 28.9. The smallest absolute Gasteiger partial charge is 0.293 e. The summed E-state index contributed by atoms with van der Waals surface area (Å²) in [7, 11) is -4.00. The maximum absolute atomic E-state index is 11.3. The van der Waals surface area contributed by atoms with E-state index < -0.39 is 14.9 Å². The summed E-state index contributed by atoms with van der Waals surface area (Å²) in [5.74, 6) is 0.658. The second-order valence-electron chi connectivity index (χ2n) is 4.71. The molecule has 0 unspecified atom stereocenters. The SMILES string of the molecule is NS(=O)(=O)c1ccc(NCCOc2cccc(Br)c2)c([N+](=O)[O-])c1. The lowest BCUT2D eigenvalue weighted by atomic mass is 10.2. The van der Waals surface area contributed by atoms with E-state index in [0.29, 0.717) is 12.3 Å². The molecular weight excluding hydrogens is 402 g/mol. The van der Waals surface area contributed by atoms with E-state index in [1.807, 2.05) is 12.1 Å². The molecule has 3 N–H and O–H groups in total. The number of nitro groups is 1. The highest BCUT2D eigenvalue weighted by molar-refractivity contribution is 9.10. The lowest BCUT2D eigenvalue weighted by Gasteiger charge is -2.10. The van der Waals surface area contributed by atoms with Crippen LogP contribution in [0.1, 0.15) is 0 Å². The molecule has 0 fully saturated rings. The largest absolute Gasteiger partial charge is 0.492 e. The first-order valence-electron chi connectivity index (χ1n) is 6.71. The van der Waals surface area contributed by atoms with Crippen LogP contribution in [0.15, 0.2) is 51.8 Å². The van der Waals surface area contributed by atoms with Gasteiger partial charge in [0, 0.05) is 17.1 Å². The summed E-state index contributed by atoms with van der Waals surface area (Å²) in [6, 6.07) is 10.7. The van der Waals surface area contributed by atoms with Crippen molar-refractivity contribution >= 4 is 37.3 Å². The number of nitrogens with zero attached hydrogens (tertiary/aromatic N) is 1. The van der Waals surface area contributed by atoms with E-state index in [2.05, 4.69) is 21.2 Å².